The number of hydrogen-bond donors (Lipinski definition) is 2. The lowest BCUT2D eigenvalue weighted by Gasteiger charge is -2.09. The molecule has 8 nitrogen and oxygen atoms in total. The molecule has 0 unspecified atom stereocenters. The third-order valence-electron chi connectivity index (χ3n) is 5.39. The lowest BCUT2D eigenvalue weighted by atomic mass is 10.1. The number of rotatable bonds is 10. The second-order valence-electron chi connectivity index (χ2n) is 7.78. The van der Waals surface area contributed by atoms with Gasteiger partial charge in [0.15, 0.2) is 0 Å². The second kappa shape index (κ2) is 11.1. The minimum atomic E-state index is 0.631. The van der Waals surface area contributed by atoms with Crippen molar-refractivity contribution in [2.24, 2.45) is 10.7 Å². The van der Waals surface area contributed by atoms with Crippen molar-refractivity contribution in [2.45, 2.75) is 26.3 Å². The molecule has 34 heavy (non-hydrogen) atoms. The zero-order valence-corrected chi connectivity index (χ0v) is 19.5. The molecule has 0 aliphatic heterocycles. The van der Waals surface area contributed by atoms with Crippen LogP contribution in [-0.4, -0.2) is 39.2 Å². The van der Waals surface area contributed by atoms with Crippen LogP contribution in [0.1, 0.15) is 30.9 Å². The van der Waals surface area contributed by atoms with Crippen molar-refractivity contribution < 1.29 is 4.74 Å². The van der Waals surface area contributed by atoms with Gasteiger partial charge in [0.1, 0.15) is 23.5 Å². The lowest BCUT2D eigenvalue weighted by Crippen LogP contribution is -2.03. The van der Waals surface area contributed by atoms with E-state index in [4.69, 9.17) is 10.5 Å². The van der Waals surface area contributed by atoms with Gasteiger partial charge in [-0.25, -0.2) is 15.0 Å². The summed E-state index contributed by atoms with van der Waals surface area (Å²) < 4.78 is 7.80. The average molecular weight is 456 g/mol. The first kappa shape index (κ1) is 23.0. The van der Waals surface area contributed by atoms with Crippen LogP contribution in [0.4, 0.5) is 5.82 Å². The van der Waals surface area contributed by atoms with Gasteiger partial charge >= 0.3 is 0 Å². The average Bonchev–Trinajstić information content (AvgIpc) is 3.30. The molecule has 3 heterocycles. The maximum atomic E-state index is 5.80. The fraction of sp³-hybridized carbons (Fsp3) is 0.231. The molecule has 0 radical (unpaired) electrons. The van der Waals surface area contributed by atoms with Gasteiger partial charge in [-0.2, -0.15) is 0 Å². The molecule has 0 saturated carbocycles. The van der Waals surface area contributed by atoms with E-state index in [9.17, 15) is 0 Å². The number of unbranched alkanes of at least 4 members (excludes halogenated alkanes) is 1. The molecule has 4 aromatic rings. The summed E-state index contributed by atoms with van der Waals surface area (Å²) in [7, 11) is 1.73. The summed E-state index contributed by atoms with van der Waals surface area (Å²) in [4.78, 5) is 17.4. The SMILES string of the molecule is CCCCOc1ccn2c(-c3cc(NCc4ccc(C(C=NC)=CN)cc4)ncn3)cnc2c1. The van der Waals surface area contributed by atoms with Crippen molar-refractivity contribution in [1.82, 2.24) is 19.4 Å². The van der Waals surface area contributed by atoms with Gasteiger partial charge in [0, 0.05) is 49.9 Å². The van der Waals surface area contributed by atoms with E-state index in [0.717, 1.165) is 58.1 Å². The number of fused-ring (bicyclic) bond motifs is 1. The Labute approximate surface area is 199 Å². The highest BCUT2D eigenvalue weighted by Crippen LogP contribution is 2.23. The first-order chi connectivity index (χ1) is 16.7. The molecule has 0 aliphatic rings. The van der Waals surface area contributed by atoms with Crippen molar-refractivity contribution in [3.63, 3.8) is 0 Å². The minimum Gasteiger partial charge on any atom is -0.493 e. The highest BCUT2D eigenvalue weighted by atomic mass is 16.5. The Morgan fingerprint density at radius 3 is 2.76 bits per heavy atom. The standard InChI is InChI=1S/C26H29N7O/c1-3-4-11-34-22-9-10-33-24(17-30-26(33)12-22)23-13-25(32-18-31-23)29-15-19-5-7-20(8-6-19)21(14-27)16-28-2/h5-10,12-14,16-18H,3-4,11,15,27H2,1-2H3,(H,29,31,32). The van der Waals surface area contributed by atoms with Gasteiger partial charge in [0.2, 0.25) is 0 Å². The van der Waals surface area contributed by atoms with Crippen LogP contribution in [0.15, 0.2) is 72.4 Å². The topological polar surface area (TPSA) is 103 Å². The first-order valence-corrected chi connectivity index (χ1v) is 11.3. The fourth-order valence-corrected chi connectivity index (χ4v) is 3.53. The minimum absolute atomic E-state index is 0.631. The van der Waals surface area contributed by atoms with Gasteiger partial charge in [0.25, 0.3) is 0 Å². The molecule has 4 rings (SSSR count). The summed E-state index contributed by atoms with van der Waals surface area (Å²) in [5.41, 5.74) is 11.2. The number of ether oxygens (including phenoxy) is 1. The van der Waals surface area contributed by atoms with Gasteiger partial charge in [0.05, 0.1) is 24.2 Å². The van der Waals surface area contributed by atoms with Crippen LogP contribution in [0.5, 0.6) is 5.75 Å². The molecule has 0 bridgehead atoms. The number of pyridine rings is 1. The molecule has 0 saturated heterocycles. The van der Waals surface area contributed by atoms with Crippen LogP contribution in [0.3, 0.4) is 0 Å². The predicted molar refractivity (Wildman–Crippen MR) is 137 cm³/mol. The lowest BCUT2D eigenvalue weighted by molar-refractivity contribution is 0.309. The van der Waals surface area contributed by atoms with Crippen molar-refractivity contribution in [2.75, 3.05) is 19.0 Å². The monoisotopic (exact) mass is 455 g/mol. The third-order valence-corrected chi connectivity index (χ3v) is 5.39. The molecule has 0 spiro atoms. The zero-order chi connectivity index (χ0) is 23.8. The van der Waals surface area contributed by atoms with E-state index < -0.39 is 0 Å². The second-order valence-corrected chi connectivity index (χ2v) is 7.78. The van der Waals surface area contributed by atoms with E-state index in [0.29, 0.717) is 13.2 Å². The molecule has 0 fully saturated rings. The molecule has 0 amide bonds. The number of benzene rings is 1. The normalized spacial score (nSPS) is 11.9. The Kier molecular flexibility index (Phi) is 7.49. The van der Waals surface area contributed by atoms with Crippen LogP contribution in [0.25, 0.3) is 22.6 Å². The maximum Gasteiger partial charge on any atom is 0.140 e. The summed E-state index contributed by atoms with van der Waals surface area (Å²) in [6, 6.07) is 14.0. The Morgan fingerprint density at radius 1 is 1.15 bits per heavy atom. The van der Waals surface area contributed by atoms with Crippen molar-refractivity contribution >= 4 is 23.3 Å². The van der Waals surface area contributed by atoms with Crippen molar-refractivity contribution in [3.8, 4) is 17.1 Å². The van der Waals surface area contributed by atoms with Crippen LogP contribution in [0, 0.1) is 0 Å². The number of nitrogens with one attached hydrogen (secondary N) is 1. The van der Waals surface area contributed by atoms with Crippen molar-refractivity contribution in [3.05, 3.63) is 78.5 Å². The van der Waals surface area contributed by atoms with E-state index >= 15 is 0 Å². The van der Waals surface area contributed by atoms with Gasteiger partial charge in [-0.05, 0) is 23.6 Å². The van der Waals surface area contributed by atoms with Crippen molar-refractivity contribution in [1.29, 1.82) is 0 Å². The smallest absolute Gasteiger partial charge is 0.140 e. The maximum absolute atomic E-state index is 5.80. The summed E-state index contributed by atoms with van der Waals surface area (Å²) in [6.45, 7) is 3.49. The number of imidazole rings is 1. The summed E-state index contributed by atoms with van der Waals surface area (Å²) >= 11 is 0. The summed E-state index contributed by atoms with van der Waals surface area (Å²) in [5.74, 6) is 1.56. The Balaban J connectivity index is 1.45. The number of hydrogen-bond acceptors (Lipinski definition) is 7. The fourth-order valence-electron chi connectivity index (χ4n) is 3.53. The quantitative estimate of drug-likeness (QED) is 0.268. The number of nitrogens with two attached hydrogens (primary N) is 1. The molecular formula is C26H29N7O. The van der Waals surface area contributed by atoms with Crippen LogP contribution in [0.2, 0.25) is 0 Å². The van der Waals surface area contributed by atoms with Gasteiger partial charge in [-0.1, -0.05) is 37.6 Å². The van der Waals surface area contributed by atoms with Crippen LogP contribution >= 0.6 is 0 Å². The van der Waals surface area contributed by atoms with E-state index in [1.807, 2.05) is 47.1 Å². The molecule has 3 N–H and O–H groups in total. The van der Waals surface area contributed by atoms with Gasteiger partial charge in [-0.15, -0.1) is 0 Å². The number of aromatic nitrogens is 4. The molecule has 1 aromatic carbocycles. The molecule has 0 atom stereocenters. The number of nitrogens with zero attached hydrogens (tertiary/aromatic N) is 5. The predicted octanol–water partition coefficient (Wildman–Crippen LogP) is 4.58. The zero-order valence-electron chi connectivity index (χ0n) is 19.5. The Morgan fingerprint density at radius 2 is 2.00 bits per heavy atom. The van der Waals surface area contributed by atoms with E-state index in [2.05, 4.69) is 44.3 Å². The Bertz CT molecular complexity index is 1290. The van der Waals surface area contributed by atoms with Gasteiger partial charge < -0.3 is 15.8 Å². The molecule has 8 heteroatoms. The number of allylic oxidation sites excluding steroid dienone is 1. The summed E-state index contributed by atoms with van der Waals surface area (Å²) in [5, 5.41) is 3.37. The largest absolute Gasteiger partial charge is 0.493 e. The number of aliphatic imine (C=N–C) groups is 1. The summed E-state index contributed by atoms with van der Waals surface area (Å²) in [6.07, 6.45) is 10.8. The first-order valence-electron chi connectivity index (χ1n) is 11.3. The Hall–Kier alpha value is -4.20. The number of anilines is 1. The molecule has 174 valence electrons. The molecule has 0 aliphatic carbocycles. The van der Waals surface area contributed by atoms with E-state index in [1.54, 1.807) is 25.8 Å². The van der Waals surface area contributed by atoms with Crippen LogP contribution in [-0.2, 0) is 6.54 Å². The van der Waals surface area contributed by atoms with Gasteiger partial charge in [-0.3, -0.25) is 9.39 Å². The van der Waals surface area contributed by atoms with E-state index in [1.165, 1.54) is 0 Å². The highest BCUT2D eigenvalue weighted by molar-refractivity contribution is 6.09. The van der Waals surface area contributed by atoms with E-state index in [-0.39, 0.29) is 0 Å². The van der Waals surface area contributed by atoms with Crippen LogP contribution < -0.4 is 15.8 Å². The molecular weight excluding hydrogens is 426 g/mol. The third kappa shape index (κ3) is 5.40. The highest BCUT2D eigenvalue weighted by Gasteiger charge is 2.10. The molecule has 3 aromatic heterocycles.